The molecule has 0 bridgehead atoms. The Morgan fingerprint density at radius 1 is 1.48 bits per heavy atom. The molecule has 0 aliphatic heterocycles. The number of unbranched alkanes of at least 4 members (excludes halogenated alkanes) is 1. The lowest BCUT2D eigenvalue weighted by molar-refractivity contribution is -0.110. The minimum Gasteiger partial charge on any atom is -0.413 e. The predicted molar refractivity (Wildman–Crippen MR) is 74.4 cm³/mol. The molecule has 0 radical (unpaired) electrons. The van der Waals surface area contributed by atoms with Crippen LogP contribution in [0.4, 0.5) is 0 Å². The molecule has 21 heavy (non-hydrogen) atoms. The average molecular weight is 288 g/mol. The van der Waals surface area contributed by atoms with E-state index < -0.39 is 6.04 Å². The number of ketones is 1. The molecule has 2 heterocycles. The number of rotatable bonds is 8. The van der Waals surface area contributed by atoms with Crippen LogP contribution in [0.1, 0.15) is 36.9 Å². The fourth-order valence-corrected chi connectivity index (χ4v) is 1.86. The highest BCUT2D eigenvalue weighted by atomic mass is 16.4. The number of nitrogens with zero attached hydrogens (tertiary/aromatic N) is 3. The van der Waals surface area contributed by atoms with Crippen LogP contribution in [0, 0.1) is 0 Å². The summed E-state index contributed by atoms with van der Waals surface area (Å²) in [5.74, 6) is -0.255. The summed E-state index contributed by atoms with van der Waals surface area (Å²) in [6.45, 7) is 2.01. The van der Waals surface area contributed by atoms with Gasteiger partial charge in [0.25, 0.3) is 5.89 Å². The van der Waals surface area contributed by atoms with Gasteiger partial charge in [0.1, 0.15) is 0 Å². The van der Waals surface area contributed by atoms with Gasteiger partial charge in [-0.15, -0.1) is 10.2 Å². The molecule has 110 valence electrons. The summed E-state index contributed by atoms with van der Waals surface area (Å²) in [7, 11) is 0. The second kappa shape index (κ2) is 7.28. The van der Waals surface area contributed by atoms with Crippen molar-refractivity contribution in [2.45, 2.75) is 32.2 Å². The van der Waals surface area contributed by atoms with E-state index in [1.54, 1.807) is 24.5 Å². The molecular weight excluding hydrogens is 272 g/mol. The summed E-state index contributed by atoms with van der Waals surface area (Å²) in [6, 6.07) is 2.86. The minimum atomic E-state index is -0.635. The summed E-state index contributed by atoms with van der Waals surface area (Å²) in [4.78, 5) is 26.8. The molecule has 7 nitrogen and oxygen atoms in total. The van der Waals surface area contributed by atoms with Gasteiger partial charge in [-0.2, -0.15) is 0 Å². The van der Waals surface area contributed by atoms with E-state index >= 15 is 0 Å². The molecule has 2 aromatic rings. The first-order chi connectivity index (χ1) is 10.3. The molecular formula is C14H16N4O3. The number of carbonyl (C=O) groups excluding carboxylic acids is 2. The molecule has 1 atom stereocenters. The number of nitrogens with one attached hydrogen (secondary N) is 1. The molecule has 0 aromatic carbocycles. The van der Waals surface area contributed by atoms with Crippen LogP contribution < -0.4 is 5.32 Å². The van der Waals surface area contributed by atoms with Gasteiger partial charge in [-0.1, -0.05) is 19.8 Å². The third-order valence-corrected chi connectivity index (χ3v) is 2.98. The molecule has 2 aromatic heterocycles. The van der Waals surface area contributed by atoms with Crippen molar-refractivity contribution in [2.75, 3.05) is 0 Å². The monoisotopic (exact) mass is 288 g/mol. The van der Waals surface area contributed by atoms with Crippen LogP contribution in [-0.2, 0) is 4.79 Å². The highest BCUT2D eigenvalue weighted by Crippen LogP contribution is 2.17. The van der Waals surface area contributed by atoms with Gasteiger partial charge >= 0.3 is 0 Å². The number of hydrogen-bond donors (Lipinski definition) is 1. The van der Waals surface area contributed by atoms with Crippen LogP contribution >= 0.6 is 0 Å². The van der Waals surface area contributed by atoms with E-state index in [0.717, 1.165) is 12.8 Å². The van der Waals surface area contributed by atoms with Gasteiger partial charge in [-0.05, 0) is 18.6 Å². The van der Waals surface area contributed by atoms with Crippen LogP contribution in [-0.4, -0.2) is 33.4 Å². The number of pyridine rings is 1. The van der Waals surface area contributed by atoms with Crippen molar-refractivity contribution in [1.82, 2.24) is 20.5 Å². The third-order valence-electron chi connectivity index (χ3n) is 2.98. The molecule has 0 aliphatic rings. The van der Waals surface area contributed by atoms with Gasteiger partial charge in [0, 0.05) is 12.4 Å². The molecule has 1 amide bonds. The quantitative estimate of drug-likeness (QED) is 0.585. The van der Waals surface area contributed by atoms with E-state index in [2.05, 4.69) is 20.5 Å². The lowest BCUT2D eigenvalue weighted by Gasteiger charge is -2.11. The van der Waals surface area contributed by atoms with Crippen molar-refractivity contribution in [3.8, 4) is 11.5 Å². The Kier molecular flexibility index (Phi) is 5.14. The van der Waals surface area contributed by atoms with E-state index in [9.17, 15) is 9.59 Å². The topological polar surface area (TPSA) is 98.0 Å². The van der Waals surface area contributed by atoms with Crippen LogP contribution in [0.25, 0.3) is 11.5 Å². The molecule has 1 unspecified atom stereocenters. The summed E-state index contributed by atoms with van der Waals surface area (Å²) in [5, 5.41) is 10.1. The minimum absolute atomic E-state index is 0.107. The second-order valence-corrected chi connectivity index (χ2v) is 4.50. The number of Topliss-reactive ketones (excluding diaryl/α,β-unsaturated/α-hetero) is 1. The Balaban J connectivity index is 2.15. The maximum absolute atomic E-state index is 12.3. The molecule has 0 fully saturated rings. The van der Waals surface area contributed by atoms with Gasteiger partial charge < -0.3 is 9.73 Å². The van der Waals surface area contributed by atoms with E-state index in [4.69, 9.17) is 4.42 Å². The van der Waals surface area contributed by atoms with Gasteiger partial charge in [0.05, 0.1) is 11.6 Å². The first kappa shape index (κ1) is 14.8. The number of aromatic nitrogens is 3. The van der Waals surface area contributed by atoms with E-state index in [-0.39, 0.29) is 17.6 Å². The number of hydrogen-bond acceptors (Lipinski definition) is 6. The fraction of sp³-hybridized carbons (Fsp3) is 0.357. The van der Waals surface area contributed by atoms with Gasteiger partial charge in [0.15, 0.2) is 0 Å². The lowest BCUT2D eigenvalue weighted by atomic mass is 10.1. The average Bonchev–Trinajstić information content (AvgIpc) is 3.01. The zero-order valence-corrected chi connectivity index (χ0v) is 11.7. The zero-order valence-electron chi connectivity index (χ0n) is 11.7. The first-order valence-corrected chi connectivity index (χ1v) is 6.74. The maximum Gasteiger partial charge on any atom is 0.286 e. The molecule has 0 saturated carbocycles. The Morgan fingerprint density at radius 2 is 2.33 bits per heavy atom. The summed E-state index contributed by atoms with van der Waals surface area (Å²) in [6.07, 6.45) is 5.99. The van der Waals surface area contributed by atoms with Crippen LogP contribution in [0.2, 0.25) is 0 Å². The van der Waals surface area contributed by atoms with E-state index in [0.29, 0.717) is 18.4 Å². The Hall–Kier alpha value is -2.57. The van der Waals surface area contributed by atoms with Gasteiger partial charge in [0.2, 0.25) is 18.1 Å². The molecule has 0 spiro atoms. The Morgan fingerprint density at radius 3 is 3.00 bits per heavy atom. The molecule has 2 rings (SSSR count). The molecule has 1 N–H and O–H groups in total. The predicted octanol–water partition coefficient (Wildman–Crippen LogP) is 1.62. The van der Waals surface area contributed by atoms with Crippen LogP contribution in [0.3, 0.4) is 0 Å². The number of amides is 1. The number of carbonyl (C=O) groups is 2. The molecule has 0 saturated heterocycles. The normalized spacial score (nSPS) is 11.9. The Labute approximate surface area is 121 Å². The highest BCUT2D eigenvalue weighted by molar-refractivity contribution is 5.97. The maximum atomic E-state index is 12.3. The van der Waals surface area contributed by atoms with Crippen molar-refractivity contribution in [2.24, 2.45) is 0 Å². The smallest absolute Gasteiger partial charge is 0.286 e. The summed E-state index contributed by atoms with van der Waals surface area (Å²) < 4.78 is 5.37. The highest BCUT2D eigenvalue weighted by Gasteiger charge is 2.24. The SMILES string of the molecule is CCCCC(NC=O)C(=O)c1nnc(-c2cccnc2)o1. The van der Waals surface area contributed by atoms with E-state index in [1.165, 1.54) is 0 Å². The largest absolute Gasteiger partial charge is 0.413 e. The molecule has 7 heteroatoms. The first-order valence-electron chi connectivity index (χ1n) is 6.74. The van der Waals surface area contributed by atoms with Crippen molar-refractivity contribution >= 4 is 12.2 Å². The van der Waals surface area contributed by atoms with Crippen molar-refractivity contribution in [1.29, 1.82) is 0 Å². The summed E-state index contributed by atoms with van der Waals surface area (Å²) >= 11 is 0. The standard InChI is InChI=1S/C14H16N4O3/c1-2-3-6-11(16-9-19)12(20)14-18-17-13(21-14)10-5-4-7-15-8-10/h4-5,7-9,11H,2-3,6H2,1H3,(H,16,19). The second-order valence-electron chi connectivity index (χ2n) is 4.50. The third kappa shape index (κ3) is 3.71. The fourth-order valence-electron chi connectivity index (χ4n) is 1.86. The van der Waals surface area contributed by atoms with E-state index in [1.807, 2.05) is 6.92 Å². The van der Waals surface area contributed by atoms with Crippen LogP contribution in [0.5, 0.6) is 0 Å². The summed E-state index contributed by atoms with van der Waals surface area (Å²) in [5.41, 5.74) is 0.637. The van der Waals surface area contributed by atoms with Crippen LogP contribution in [0.15, 0.2) is 28.9 Å². The lowest BCUT2D eigenvalue weighted by Crippen LogP contribution is -2.36. The van der Waals surface area contributed by atoms with Gasteiger partial charge in [-0.3, -0.25) is 14.6 Å². The zero-order chi connectivity index (χ0) is 15.1. The van der Waals surface area contributed by atoms with Crippen molar-refractivity contribution in [3.63, 3.8) is 0 Å². The van der Waals surface area contributed by atoms with Crippen molar-refractivity contribution in [3.05, 3.63) is 30.4 Å². The molecule has 0 aliphatic carbocycles. The van der Waals surface area contributed by atoms with Crippen molar-refractivity contribution < 1.29 is 14.0 Å². The van der Waals surface area contributed by atoms with Gasteiger partial charge in [-0.25, -0.2) is 0 Å². The Bertz CT molecular complexity index is 597.